The molecule has 1 atom stereocenters. The summed E-state index contributed by atoms with van der Waals surface area (Å²) in [7, 11) is -0.136. The van der Waals surface area contributed by atoms with Crippen molar-refractivity contribution in [2.45, 2.75) is 77.2 Å². The van der Waals surface area contributed by atoms with Crippen molar-refractivity contribution in [1.29, 1.82) is 0 Å². The Bertz CT molecular complexity index is 597. The van der Waals surface area contributed by atoms with E-state index in [4.69, 9.17) is 0 Å². The van der Waals surface area contributed by atoms with Crippen molar-refractivity contribution >= 4 is 9.52 Å². The van der Waals surface area contributed by atoms with Crippen LogP contribution in [0.1, 0.15) is 71.6 Å². The molecule has 4 aliphatic rings. The number of allylic oxidation sites excluding steroid dienone is 8. The maximum atomic E-state index is 2.69. The van der Waals surface area contributed by atoms with Crippen LogP contribution in [0.15, 0.2) is 44.7 Å². The van der Waals surface area contributed by atoms with Gasteiger partial charge in [-0.3, -0.25) is 0 Å². The average molecular weight is 297 g/mol. The van der Waals surface area contributed by atoms with Crippen molar-refractivity contribution in [2.75, 3.05) is 0 Å². The summed E-state index contributed by atoms with van der Waals surface area (Å²) in [5.74, 6) is 0. The first-order valence-electron chi connectivity index (χ1n) is 9.04. The topological polar surface area (TPSA) is 0 Å². The van der Waals surface area contributed by atoms with E-state index in [0.717, 1.165) is 5.54 Å². The third-order valence-electron chi connectivity index (χ3n) is 6.40. The molecule has 1 saturated carbocycles. The Kier molecular flexibility index (Phi) is 3.57. The average Bonchev–Trinajstić information content (AvgIpc) is 2.99. The standard InChI is InChI=1S/C20H28Si/c1-13-17-9-5-3-7-15(17)11-19(13)21-20-12-16-8-4-6-10-18(16)14(20)2/h11,19H,3-10,12,21H2,1-2H3. The molecule has 0 aromatic carbocycles. The summed E-state index contributed by atoms with van der Waals surface area (Å²) in [6.45, 7) is 4.88. The van der Waals surface area contributed by atoms with E-state index >= 15 is 0 Å². The highest BCUT2D eigenvalue weighted by molar-refractivity contribution is 6.49. The van der Waals surface area contributed by atoms with Crippen molar-refractivity contribution in [1.82, 2.24) is 0 Å². The Morgan fingerprint density at radius 3 is 2.38 bits per heavy atom. The Balaban J connectivity index is 1.54. The zero-order valence-corrected chi connectivity index (χ0v) is 15.1. The Morgan fingerprint density at radius 2 is 1.62 bits per heavy atom. The van der Waals surface area contributed by atoms with Gasteiger partial charge in [0.25, 0.3) is 0 Å². The zero-order chi connectivity index (χ0) is 14.4. The normalized spacial score (nSPS) is 29.6. The van der Waals surface area contributed by atoms with Gasteiger partial charge in [0.2, 0.25) is 0 Å². The van der Waals surface area contributed by atoms with E-state index in [1.54, 1.807) is 27.9 Å². The lowest BCUT2D eigenvalue weighted by Gasteiger charge is -2.16. The van der Waals surface area contributed by atoms with Crippen LogP contribution in [0.5, 0.6) is 0 Å². The van der Waals surface area contributed by atoms with E-state index in [1.807, 2.05) is 10.8 Å². The lowest BCUT2D eigenvalue weighted by molar-refractivity contribution is 0.677. The molecule has 0 heterocycles. The molecule has 0 N–H and O–H groups in total. The summed E-state index contributed by atoms with van der Waals surface area (Å²) in [4.78, 5) is 0. The number of hydrogen-bond donors (Lipinski definition) is 0. The van der Waals surface area contributed by atoms with Gasteiger partial charge in [0.1, 0.15) is 0 Å². The van der Waals surface area contributed by atoms with Crippen molar-refractivity contribution in [3.05, 3.63) is 44.7 Å². The first-order valence-corrected chi connectivity index (χ1v) is 10.6. The first-order chi connectivity index (χ1) is 10.2. The molecule has 0 spiro atoms. The van der Waals surface area contributed by atoms with Crippen LogP contribution < -0.4 is 0 Å². The van der Waals surface area contributed by atoms with E-state index in [0.29, 0.717) is 0 Å². The second-order valence-electron chi connectivity index (χ2n) is 7.57. The molecule has 0 radical (unpaired) electrons. The summed E-state index contributed by atoms with van der Waals surface area (Å²) in [6, 6.07) is 0. The molecule has 1 heteroatoms. The van der Waals surface area contributed by atoms with E-state index in [9.17, 15) is 0 Å². The molecule has 21 heavy (non-hydrogen) atoms. The third kappa shape index (κ3) is 2.34. The summed E-state index contributed by atoms with van der Waals surface area (Å²) >= 11 is 0. The number of fused-ring (bicyclic) bond motifs is 1. The Hall–Kier alpha value is -0.823. The first kappa shape index (κ1) is 13.8. The van der Waals surface area contributed by atoms with Crippen LogP contribution in [0.3, 0.4) is 0 Å². The lowest BCUT2D eigenvalue weighted by Crippen LogP contribution is -2.05. The van der Waals surface area contributed by atoms with Crippen LogP contribution in [-0.2, 0) is 0 Å². The van der Waals surface area contributed by atoms with Gasteiger partial charge in [-0.2, -0.15) is 0 Å². The van der Waals surface area contributed by atoms with Crippen LogP contribution in [-0.4, -0.2) is 9.52 Å². The van der Waals surface area contributed by atoms with Crippen LogP contribution in [0.4, 0.5) is 0 Å². The molecule has 0 aliphatic heterocycles. The fourth-order valence-electron chi connectivity index (χ4n) is 5.08. The minimum atomic E-state index is -0.136. The van der Waals surface area contributed by atoms with Gasteiger partial charge in [-0.05, 0) is 93.9 Å². The molecule has 0 amide bonds. The summed E-state index contributed by atoms with van der Waals surface area (Å²) < 4.78 is 0. The van der Waals surface area contributed by atoms with Gasteiger partial charge >= 0.3 is 0 Å². The molecule has 0 aromatic heterocycles. The molecular formula is C20H28Si. The maximum Gasteiger partial charge on any atom is 0.0624 e. The Morgan fingerprint density at radius 1 is 0.905 bits per heavy atom. The quantitative estimate of drug-likeness (QED) is 0.605. The summed E-state index contributed by atoms with van der Waals surface area (Å²) in [5.41, 5.74) is 11.5. The third-order valence-corrected chi connectivity index (χ3v) is 8.96. The van der Waals surface area contributed by atoms with Crippen molar-refractivity contribution < 1.29 is 0 Å². The monoisotopic (exact) mass is 296 g/mol. The van der Waals surface area contributed by atoms with Crippen molar-refractivity contribution in [2.24, 2.45) is 0 Å². The van der Waals surface area contributed by atoms with Crippen molar-refractivity contribution in [3.63, 3.8) is 0 Å². The van der Waals surface area contributed by atoms with Gasteiger partial charge in [-0.1, -0.05) is 28.0 Å². The molecule has 4 rings (SSSR count). The maximum absolute atomic E-state index is 2.69. The molecule has 0 saturated heterocycles. The van der Waals surface area contributed by atoms with Gasteiger partial charge < -0.3 is 0 Å². The molecule has 0 bridgehead atoms. The second-order valence-corrected chi connectivity index (χ2v) is 9.71. The minimum Gasteiger partial charge on any atom is -0.0798 e. The van der Waals surface area contributed by atoms with Crippen LogP contribution in [0.2, 0.25) is 5.54 Å². The van der Waals surface area contributed by atoms with Gasteiger partial charge in [-0.15, -0.1) is 0 Å². The van der Waals surface area contributed by atoms with Gasteiger partial charge in [-0.25, -0.2) is 0 Å². The Labute approximate surface area is 131 Å². The van der Waals surface area contributed by atoms with Gasteiger partial charge in [0.05, 0.1) is 9.52 Å². The highest BCUT2D eigenvalue weighted by Gasteiger charge is 2.29. The van der Waals surface area contributed by atoms with E-state index in [1.165, 1.54) is 57.8 Å². The van der Waals surface area contributed by atoms with E-state index in [2.05, 4.69) is 19.9 Å². The number of hydrogen-bond acceptors (Lipinski definition) is 0. The highest BCUT2D eigenvalue weighted by atomic mass is 28.2. The lowest BCUT2D eigenvalue weighted by atomic mass is 9.90. The second kappa shape index (κ2) is 5.42. The molecule has 112 valence electrons. The SMILES string of the molecule is CC1=C([SiH2]C2C=C3CCCCC3=C2C)CC2=C1CCCC2. The van der Waals surface area contributed by atoms with Gasteiger partial charge in [0, 0.05) is 0 Å². The predicted octanol–water partition coefficient (Wildman–Crippen LogP) is 5.32. The van der Waals surface area contributed by atoms with Crippen LogP contribution in [0.25, 0.3) is 0 Å². The highest BCUT2D eigenvalue weighted by Crippen LogP contribution is 2.46. The van der Waals surface area contributed by atoms with Crippen LogP contribution in [0, 0.1) is 0 Å². The molecule has 0 nitrogen and oxygen atoms in total. The van der Waals surface area contributed by atoms with Crippen LogP contribution >= 0.6 is 0 Å². The molecule has 0 aromatic rings. The summed E-state index contributed by atoms with van der Waals surface area (Å²) in [5, 5.41) is 1.90. The summed E-state index contributed by atoms with van der Waals surface area (Å²) in [6.07, 6.45) is 15.3. The zero-order valence-electron chi connectivity index (χ0n) is 13.7. The van der Waals surface area contributed by atoms with Gasteiger partial charge in [0.15, 0.2) is 0 Å². The molecular weight excluding hydrogens is 268 g/mol. The largest absolute Gasteiger partial charge is 0.0798 e. The predicted molar refractivity (Wildman–Crippen MR) is 94.4 cm³/mol. The fourth-order valence-corrected chi connectivity index (χ4v) is 7.53. The smallest absolute Gasteiger partial charge is 0.0624 e. The van der Waals surface area contributed by atoms with E-state index < -0.39 is 0 Å². The molecule has 1 unspecified atom stereocenters. The minimum absolute atomic E-state index is 0.136. The number of rotatable bonds is 2. The molecule has 4 aliphatic carbocycles. The van der Waals surface area contributed by atoms with E-state index in [-0.39, 0.29) is 9.52 Å². The fraction of sp³-hybridized carbons (Fsp3) is 0.600. The van der Waals surface area contributed by atoms with Crippen molar-refractivity contribution in [3.8, 4) is 0 Å². The molecule has 1 fully saturated rings.